The van der Waals surface area contributed by atoms with Crippen LogP contribution in [0.4, 0.5) is 0 Å². The van der Waals surface area contributed by atoms with Gasteiger partial charge in [-0.3, -0.25) is 9.59 Å². The summed E-state index contributed by atoms with van der Waals surface area (Å²) >= 11 is 0. The number of H-pyrrole nitrogens is 1. The third-order valence-corrected chi connectivity index (χ3v) is 3.35. The Bertz CT molecular complexity index is 676. The van der Waals surface area contributed by atoms with E-state index >= 15 is 0 Å². The van der Waals surface area contributed by atoms with Crippen LogP contribution in [0.5, 0.6) is 0 Å². The van der Waals surface area contributed by atoms with Gasteiger partial charge in [0.2, 0.25) is 5.91 Å². The minimum atomic E-state index is -0.523. The second kappa shape index (κ2) is 6.41. The Morgan fingerprint density at radius 1 is 1.33 bits per heavy atom. The Kier molecular flexibility index (Phi) is 4.59. The van der Waals surface area contributed by atoms with Gasteiger partial charge in [0.05, 0.1) is 6.61 Å². The van der Waals surface area contributed by atoms with Gasteiger partial charge in [-0.2, -0.15) is 0 Å². The average Bonchev–Trinajstić information content (AvgIpc) is 2.73. The SMILES string of the molecule is Cc1[nH]c2ccc(C(=O)NCCOCC(N)=O)cc2c1C. The summed E-state index contributed by atoms with van der Waals surface area (Å²) < 4.78 is 4.98. The highest BCUT2D eigenvalue weighted by Crippen LogP contribution is 2.22. The third-order valence-electron chi connectivity index (χ3n) is 3.35. The van der Waals surface area contributed by atoms with Gasteiger partial charge in [0, 0.05) is 28.7 Å². The first-order valence-corrected chi connectivity index (χ1v) is 6.72. The quantitative estimate of drug-likeness (QED) is 0.692. The van der Waals surface area contributed by atoms with E-state index in [2.05, 4.69) is 10.3 Å². The van der Waals surface area contributed by atoms with Crippen LogP contribution in [0.25, 0.3) is 10.9 Å². The van der Waals surface area contributed by atoms with Crippen LogP contribution in [0.15, 0.2) is 18.2 Å². The number of aryl methyl sites for hydroxylation is 2. The standard InChI is InChI=1S/C15H19N3O3/c1-9-10(2)18-13-4-3-11(7-12(9)13)15(20)17-5-6-21-8-14(16)19/h3-4,7,18H,5-6,8H2,1-2H3,(H2,16,19)(H,17,20). The molecule has 0 radical (unpaired) electrons. The van der Waals surface area contributed by atoms with E-state index < -0.39 is 5.91 Å². The molecule has 0 aliphatic carbocycles. The van der Waals surface area contributed by atoms with Gasteiger partial charge >= 0.3 is 0 Å². The molecule has 2 aromatic rings. The number of amides is 2. The van der Waals surface area contributed by atoms with Gasteiger partial charge in [-0.25, -0.2) is 0 Å². The molecule has 0 aliphatic heterocycles. The van der Waals surface area contributed by atoms with E-state index in [1.165, 1.54) is 0 Å². The van der Waals surface area contributed by atoms with Crippen molar-refractivity contribution in [2.45, 2.75) is 13.8 Å². The zero-order chi connectivity index (χ0) is 15.4. The lowest BCUT2D eigenvalue weighted by atomic mass is 10.1. The number of rotatable bonds is 6. The van der Waals surface area contributed by atoms with Crippen molar-refractivity contribution in [2.75, 3.05) is 19.8 Å². The van der Waals surface area contributed by atoms with Gasteiger partial charge in [-0.1, -0.05) is 0 Å². The smallest absolute Gasteiger partial charge is 0.251 e. The van der Waals surface area contributed by atoms with E-state index in [0.717, 1.165) is 22.2 Å². The summed E-state index contributed by atoms with van der Waals surface area (Å²) in [6.07, 6.45) is 0. The number of aromatic amines is 1. The summed E-state index contributed by atoms with van der Waals surface area (Å²) in [6, 6.07) is 5.54. The largest absolute Gasteiger partial charge is 0.370 e. The summed E-state index contributed by atoms with van der Waals surface area (Å²) in [5, 5.41) is 3.78. The molecule has 4 N–H and O–H groups in total. The lowest BCUT2D eigenvalue weighted by Crippen LogP contribution is -2.28. The monoisotopic (exact) mass is 289 g/mol. The molecule has 0 aliphatic rings. The van der Waals surface area contributed by atoms with Gasteiger partial charge in [0.15, 0.2) is 0 Å². The number of primary amides is 1. The van der Waals surface area contributed by atoms with E-state index in [1.807, 2.05) is 26.0 Å². The lowest BCUT2D eigenvalue weighted by Gasteiger charge is -2.06. The Morgan fingerprint density at radius 2 is 2.10 bits per heavy atom. The van der Waals surface area contributed by atoms with Crippen LogP contribution in [0, 0.1) is 13.8 Å². The van der Waals surface area contributed by atoms with Crippen LogP contribution >= 0.6 is 0 Å². The fourth-order valence-corrected chi connectivity index (χ4v) is 2.11. The Labute approximate surface area is 122 Å². The van der Waals surface area contributed by atoms with E-state index in [4.69, 9.17) is 10.5 Å². The molecule has 0 fully saturated rings. The van der Waals surface area contributed by atoms with Gasteiger partial charge < -0.3 is 20.8 Å². The van der Waals surface area contributed by atoms with Gasteiger partial charge in [-0.05, 0) is 37.6 Å². The first-order chi connectivity index (χ1) is 9.99. The number of hydrogen-bond donors (Lipinski definition) is 3. The molecule has 2 amide bonds. The molecule has 6 nitrogen and oxygen atoms in total. The van der Waals surface area contributed by atoms with Crippen molar-refractivity contribution in [3.63, 3.8) is 0 Å². The maximum absolute atomic E-state index is 12.0. The number of fused-ring (bicyclic) bond motifs is 1. The Hall–Kier alpha value is -2.34. The molecule has 21 heavy (non-hydrogen) atoms. The summed E-state index contributed by atoms with van der Waals surface area (Å²) in [6.45, 7) is 4.47. The van der Waals surface area contributed by atoms with Crippen LogP contribution in [0.3, 0.4) is 0 Å². The lowest BCUT2D eigenvalue weighted by molar-refractivity contribution is -0.122. The molecule has 1 aromatic heterocycles. The predicted molar refractivity (Wildman–Crippen MR) is 80.1 cm³/mol. The second-order valence-corrected chi connectivity index (χ2v) is 4.91. The van der Waals surface area contributed by atoms with E-state index in [9.17, 15) is 9.59 Å². The number of ether oxygens (including phenoxy) is 1. The zero-order valence-electron chi connectivity index (χ0n) is 12.2. The van der Waals surface area contributed by atoms with Crippen molar-refractivity contribution in [2.24, 2.45) is 5.73 Å². The fraction of sp³-hybridized carbons (Fsp3) is 0.333. The molecule has 0 spiro atoms. The van der Waals surface area contributed by atoms with Gasteiger partial charge in [-0.15, -0.1) is 0 Å². The zero-order valence-corrected chi connectivity index (χ0v) is 12.2. The van der Waals surface area contributed by atoms with E-state index in [0.29, 0.717) is 12.1 Å². The molecule has 6 heteroatoms. The van der Waals surface area contributed by atoms with Crippen molar-refractivity contribution >= 4 is 22.7 Å². The first-order valence-electron chi connectivity index (χ1n) is 6.72. The Balaban J connectivity index is 1.96. The van der Waals surface area contributed by atoms with Crippen LogP contribution < -0.4 is 11.1 Å². The number of carbonyl (C=O) groups is 2. The molecule has 0 bridgehead atoms. The molecule has 1 heterocycles. The van der Waals surface area contributed by atoms with Gasteiger partial charge in [0.25, 0.3) is 5.91 Å². The minimum Gasteiger partial charge on any atom is -0.370 e. The highest BCUT2D eigenvalue weighted by Gasteiger charge is 2.09. The summed E-state index contributed by atoms with van der Waals surface area (Å²) in [5.74, 6) is -0.692. The molecule has 0 saturated carbocycles. The summed E-state index contributed by atoms with van der Waals surface area (Å²) in [4.78, 5) is 25.8. The predicted octanol–water partition coefficient (Wildman–Crippen LogP) is 1.02. The highest BCUT2D eigenvalue weighted by molar-refractivity contribution is 5.99. The number of nitrogens with one attached hydrogen (secondary N) is 2. The molecule has 0 atom stereocenters. The summed E-state index contributed by atoms with van der Waals surface area (Å²) in [5.41, 5.74) is 8.80. The molecular formula is C15H19N3O3. The number of carbonyl (C=O) groups excluding carboxylic acids is 2. The van der Waals surface area contributed by atoms with Crippen molar-refractivity contribution in [3.8, 4) is 0 Å². The normalized spacial score (nSPS) is 10.8. The summed E-state index contributed by atoms with van der Waals surface area (Å²) in [7, 11) is 0. The molecular weight excluding hydrogens is 270 g/mol. The first kappa shape index (κ1) is 15.1. The maximum atomic E-state index is 12.0. The van der Waals surface area contributed by atoms with Crippen molar-refractivity contribution in [1.29, 1.82) is 0 Å². The number of nitrogens with two attached hydrogens (primary N) is 1. The number of aromatic nitrogens is 1. The second-order valence-electron chi connectivity index (χ2n) is 4.91. The van der Waals surface area contributed by atoms with E-state index in [-0.39, 0.29) is 19.1 Å². The van der Waals surface area contributed by atoms with Crippen LogP contribution in [0.2, 0.25) is 0 Å². The molecule has 112 valence electrons. The highest BCUT2D eigenvalue weighted by atomic mass is 16.5. The fourth-order valence-electron chi connectivity index (χ4n) is 2.11. The van der Waals surface area contributed by atoms with Crippen LogP contribution in [0.1, 0.15) is 21.6 Å². The Morgan fingerprint density at radius 3 is 2.81 bits per heavy atom. The van der Waals surface area contributed by atoms with Crippen molar-refractivity contribution in [1.82, 2.24) is 10.3 Å². The third kappa shape index (κ3) is 3.61. The average molecular weight is 289 g/mol. The molecule has 1 aromatic carbocycles. The van der Waals surface area contributed by atoms with Crippen LogP contribution in [-0.4, -0.2) is 36.6 Å². The minimum absolute atomic E-state index is 0.135. The molecule has 0 unspecified atom stereocenters. The molecule has 2 rings (SSSR count). The van der Waals surface area contributed by atoms with E-state index in [1.54, 1.807) is 6.07 Å². The van der Waals surface area contributed by atoms with Gasteiger partial charge in [0.1, 0.15) is 6.61 Å². The number of benzene rings is 1. The molecule has 0 saturated heterocycles. The maximum Gasteiger partial charge on any atom is 0.251 e. The van der Waals surface area contributed by atoms with Crippen molar-refractivity contribution in [3.05, 3.63) is 35.0 Å². The van der Waals surface area contributed by atoms with Crippen LogP contribution in [-0.2, 0) is 9.53 Å². The topological polar surface area (TPSA) is 97.2 Å². The van der Waals surface area contributed by atoms with Crippen molar-refractivity contribution < 1.29 is 14.3 Å². The number of hydrogen-bond acceptors (Lipinski definition) is 3.